The van der Waals surface area contributed by atoms with Crippen molar-refractivity contribution in [2.75, 3.05) is 0 Å². The zero-order valence-corrected chi connectivity index (χ0v) is 24.7. The van der Waals surface area contributed by atoms with E-state index in [0.29, 0.717) is 30.6 Å². The third-order valence-corrected chi connectivity index (χ3v) is 12.3. The lowest BCUT2D eigenvalue weighted by atomic mass is 9.43. The largest absolute Gasteiger partial charge is 0.508 e. The Kier molecular flexibility index (Phi) is 8.50. The molecule has 6 N–H and O–H groups in total. The zero-order chi connectivity index (χ0) is 29.7. The van der Waals surface area contributed by atoms with Crippen LogP contribution in [0.5, 0.6) is 5.75 Å². The van der Waals surface area contributed by atoms with Crippen LogP contribution >= 0.6 is 0 Å². The van der Waals surface area contributed by atoms with Gasteiger partial charge in [0.25, 0.3) is 0 Å². The number of hydrogen-bond donors (Lipinski definition) is 6. The highest BCUT2D eigenvalue weighted by molar-refractivity contribution is 5.83. The minimum absolute atomic E-state index is 0.0254. The summed E-state index contributed by atoms with van der Waals surface area (Å²) in [4.78, 5) is 24.7. The molecule has 1 aromatic carbocycles. The maximum absolute atomic E-state index is 12.9. The Labute approximate surface area is 243 Å². The van der Waals surface area contributed by atoms with Gasteiger partial charge in [-0.3, -0.25) is 4.79 Å². The first kappa shape index (κ1) is 30.3. The van der Waals surface area contributed by atoms with Crippen LogP contribution in [0.3, 0.4) is 0 Å². The fourth-order valence-electron chi connectivity index (χ4n) is 10.1. The van der Waals surface area contributed by atoms with Gasteiger partial charge < -0.3 is 30.8 Å². The monoisotopic (exact) mass is 571 g/mol. The van der Waals surface area contributed by atoms with Crippen LogP contribution in [0.1, 0.15) is 84.1 Å². The van der Waals surface area contributed by atoms with E-state index in [-0.39, 0.29) is 53.1 Å². The SMILES string of the molecule is C[C@H](CCC(=O)NC(Cc1ccc(O)cc1)C(=O)O)[C@H]1CC[C@H]2[C@@H]3[C@@H](O)[C@@H](O)[C@@H]4C[C@H](O)CC[C@]4(C)[C@H]3CC[C@]12C. The molecule has 0 heterocycles. The number of aliphatic hydroxyl groups is 3. The predicted octanol–water partition coefficient (Wildman–Crippen LogP) is 3.88. The van der Waals surface area contributed by atoms with Gasteiger partial charge in [-0.25, -0.2) is 4.79 Å². The molecule has 0 bridgehead atoms. The van der Waals surface area contributed by atoms with E-state index in [9.17, 15) is 35.1 Å². The first-order chi connectivity index (χ1) is 19.3. The van der Waals surface area contributed by atoms with Crippen molar-refractivity contribution in [3.05, 3.63) is 29.8 Å². The average Bonchev–Trinajstić information content (AvgIpc) is 3.29. The van der Waals surface area contributed by atoms with Crippen LogP contribution in [0, 0.1) is 46.3 Å². The summed E-state index contributed by atoms with van der Waals surface area (Å²) in [6.45, 7) is 6.85. The molecule has 5 rings (SSSR count). The Bertz CT molecular complexity index is 1110. The molecule has 0 saturated heterocycles. The number of carboxylic acid groups (broad SMARTS) is 1. The Balaban J connectivity index is 1.21. The van der Waals surface area contributed by atoms with E-state index < -0.39 is 30.3 Å². The van der Waals surface area contributed by atoms with Crippen LogP contribution < -0.4 is 5.32 Å². The van der Waals surface area contributed by atoms with Crippen molar-refractivity contribution in [3.8, 4) is 5.75 Å². The number of benzene rings is 1. The Morgan fingerprint density at radius 2 is 1.59 bits per heavy atom. The van der Waals surface area contributed by atoms with E-state index in [1.807, 2.05) is 0 Å². The molecule has 1 aromatic rings. The van der Waals surface area contributed by atoms with Crippen LogP contribution in [0.15, 0.2) is 24.3 Å². The number of hydrogen-bond acceptors (Lipinski definition) is 6. The van der Waals surface area contributed by atoms with Gasteiger partial charge in [0.15, 0.2) is 0 Å². The van der Waals surface area contributed by atoms with Gasteiger partial charge in [0, 0.05) is 12.8 Å². The summed E-state index contributed by atoms with van der Waals surface area (Å²) in [5.74, 6) is 0.0765. The summed E-state index contributed by atoms with van der Waals surface area (Å²) in [5, 5.41) is 54.9. The molecular weight excluding hydrogens is 522 g/mol. The quantitative estimate of drug-likeness (QED) is 0.277. The fraction of sp³-hybridized carbons (Fsp3) is 0.758. The first-order valence-electron chi connectivity index (χ1n) is 15.7. The summed E-state index contributed by atoms with van der Waals surface area (Å²) in [5.41, 5.74) is 0.688. The summed E-state index contributed by atoms with van der Waals surface area (Å²) >= 11 is 0. The molecule has 1 amide bonds. The van der Waals surface area contributed by atoms with Crippen LogP contribution in [0.4, 0.5) is 0 Å². The van der Waals surface area contributed by atoms with Crippen molar-refractivity contribution >= 4 is 11.9 Å². The van der Waals surface area contributed by atoms with Crippen LogP contribution in [0.2, 0.25) is 0 Å². The fourth-order valence-corrected chi connectivity index (χ4v) is 10.1. The molecule has 1 unspecified atom stereocenters. The van der Waals surface area contributed by atoms with Gasteiger partial charge in [-0.2, -0.15) is 0 Å². The maximum atomic E-state index is 12.9. The van der Waals surface area contributed by atoms with Crippen molar-refractivity contribution in [3.63, 3.8) is 0 Å². The van der Waals surface area contributed by atoms with Crippen molar-refractivity contribution in [1.82, 2.24) is 5.32 Å². The molecule has 228 valence electrons. The third-order valence-electron chi connectivity index (χ3n) is 12.3. The third kappa shape index (κ3) is 5.52. The lowest BCUT2D eigenvalue weighted by molar-refractivity contribution is -0.223. The molecular formula is C33H49NO7. The topological polar surface area (TPSA) is 147 Å². The smallest absolute Gasteiger partial charge is 0.326 e. The number of phenolic OH excluding ortho intramolecular Hbond substituents is 1. The lowest BCUT2D eigenvalue weighted by Gasteiger charge is -2.63. The van der Waals surface area contributed by atoms with E-state index in [0.717, 1.165) is 44.1 Å². The highest BCUT2D eigenvalue weighted by atomic mass is 16.4. The second-order valence-electron chi connectivity index (χ2n) is 14.4. The van der Waals surface area contributed by atoms with E-state index in [2.05, 4.69) is 26.1 Å². The normalized spacial score (nSPS) is 41.4. The molecule has 12 atom stereocenters. The van der Waals surface area contributed by atoms with Crippen molar-refractivity contribution < 1.29 is 35.1 Å². The number of amides is 1. The summed E-state index contributed by atoms with van der Waals surface area (Å²) < 4.78 is 0. The highest BCUT2D eigenvalue weighted by Gasteiger charge is 2.65. The summed E-state index contributed by atoms with van der Waals surface area (Å²) in [7, 11) is 0. The van der Waals surface area contributed by atoms with Crippen molar-refractivity contribution in [2.45, 2.75) is 109 Å². The van der Waals surface area contributed by atoms with Crippen LogP contribution in [0.25, 0.3) is 0 Å². The Hall–Kier alpha value is -2.16. The minimum atomic E-state index is -1.08. The molecule has 4 saturated carbocycles. The molecule has 0 aromatic heterocycles. The molecule has 0 spiro atoms. The first-order valence-corrected chi connectivity index (χ1v) is 15.7. The second-order valence-corrected chi connectivity index (χ2v) is 14.4. The molecule has 8 heteroatoms. The predicted molar refractivity (Wildman–Crippen MR) is 154 cm³/mol. The average molecular weight is 572 g/mol. The molecule has 0 aliphatic heterocycles. The molecule has 41 heavy (non-hydrogen) atoms. The standard InChI is InChI=1S/C33H49NO7/c1-18(4-11-27(37)34-26(31(40)41)16-19-5-7-20(35)8-6-19)22-9-10-23-28-24(13-15-32(22,23)2)33(3)14-12-21(36)17-25(33)29(38)30(28)39/h5-8,18,21-26,28-30,35-36,38-39H,4,9-17H2,1-3H3,(H,34,37)(H,40,41)/t18-,21-,22-,23+,24+,25+,26?,28+,29+,30-,32-,33-/m1/s1. The number of carboxylic acids is 1. The highest BCUT2D eigenvalue weighted by Crippen LogP contribution is 2.68. The van der Waals surface area contributed by atoms with E-state index >= 15 is 0 Å². The molecule has 4 fully saturated rings. The van der Waals surface area contributed by atoms with E-state index in [4.69, 9.17) is 0 Å². The van der Waals surface area contributed by atoms with Crippen molar-refractivity contribution in [1.29, 1.82) is 0 Å². The molecule has 0 radical (unpaired) electrons. The number of aliphatic carboxylic acids is 1. The molecule has 8 nitrogen and oxygen atoms in total. The number of aromatic hydroxyl groups is 1. The number of rotatable bonds is 8. The van der Waals surface area contributed by atoms with Crippen molar-refractivity contribution in [2.24, 2.45) is 46.3 Å². The number of fused-ring (bicyclic) bond motifs is 5. The van der Waals surface area contributed by atoms with Gasteiger partial charge in [-0.05, 0) is 115 Å². The van der Waals surface area contributed by atoms with E-state index in [1.54, 1.807) is 12.1 Å². The maximum Gasteiger partial charge on any atom is 0.326 e. The molecule has 4 aliphatic rings. The van der Waals surface area contributed by atoms with E-state index in [1.165, 1.54) is 12.1 Å². The minimum Gasteiger partial charge on any atom is -0.508 e. The van der Waals surface area contributed by atoms with Gasteiger partial charge in [-0.1, -0.05) is 32.9 Å². The number of carbonyl (C=O) groups is 2. The Morgan fingerprint density at radius 1 is 0.927 bits per heavy atom. The van der Waals surface area contributed by atoms with Gasteiger partial charge >= 0.3 is 5.97 Å². The molecule has 4 aliphatic carbocycles. The number of aliphatic hydroxyl groups excluding tert-OH is 3. The van der Waals surface area contributed by atoms with Crippen LogP contribution in [-0.2, 0) is 16.0 Å². The van der Waals surface area contributed by atoms with Crippen LogP contribution in [-0.4, -0.2) is 61.8 Å². The lowest BCUT2D eigenvalue weighted by Crippen LogP contribution is -2.64. The zero-order valence-electron chi connectivity index (χ0n) is 24.7. The number of carbonyl (C=O) groups excluding carboxylic acids is 1. The second kappa shape index (κ2) is 11.5. The van der Waals surface area contributed by atoms with Gasteiger partial charge in [0.2, 0.25) is 5.91 Å². The van der Waals surface area contributed by atoms with Gasteiger partial charge in [0.05, 0.1) is 18.3 Å². The summed E-state index contributed by atoms with van der Waals surface area (Å²) in [6.07, 6.45) is 5.47. The Morgan fingerprint density at radius 3 is 2.27 bits per heavy atom. The van der Waals surface area contributed by atoms with Gasteiger partial charge in [-0.15, -0.1) is 0 Å². The summed E-state index contributed by atoms with van der Waals surface area (Å²) in [6, 6.07) is 5.30. The van der Waals surface area contributed by atoms with Gasteiger partial charge in [0.1, 0.15) is 11.8 Å². The number of nitrogens with one attached hydrogen (secondary N) is 1. The number of phenols is 1.